The van der Waals surface area contributed by atoms with E-state index in [1.165, 1.54) is 18.7 Å². The lowest BCUT2D eigenvalue weighted by Crippen LogP contribution is -2.13. The summed E-state index contributed by atoms with van der Waals surface area (Å²) in [6.07, 6.45) is 1.18. The molecule has 1 fully saturated rings. The molecule has 1 aliphatic rings. The van der Waals surface area contributed by atoms with Crippen LogP contribution in [0.25, 0.3) is 0 Å². The van der Waals surface area contributed by atoms with Crippen molar-refractivity contribution in [1.82, 2.24) is 4.90 Å². The van der Waals surface area contributed by atoms with Crippen LogP contribution in [0.5, 0.6) is 0 Å². The summed E-state index contributed by atoms with van der Waals surface area (Å²) in [4.78, 5) is 6.65. The Morgan fingerprint density at radius 1 is 1.67 bits per heavy atom. The van der Waals surface area contributed by atoms with Gasteiger partial charge in [-0.15, -0.1) is 0 Å². The van der Waals surface area contributed by atoms with Crippen LogP contribution in [-0.2, 0) is 0 Å². The van der Waals surface area contributed by atoms with E-state index in [0.717, 1.165) is 13.1 Å². The monoisotopic (exact) mass is 126 g/mol. The quantitative estimate of drug-likeness (QED) is 0.507. The van der Waals surface area contributed by atoms with Gasteiger partial charge in [0.25, 0.3) is 0 Å². The highest BCUT2D eigenvalue weighted by Crippen LogP contribution is 2.01. The molecule has 2 nitrogen and oxygen atoms in total. The smallest absolute Gasteiger partial charge is 0.0361 e. The summed E-state index contributed by atoms with van der Waals surface area (Å²) in [5, 5.41) is 0. The predicted octanol–water partition coefficient (Wildman–Crippen LogP) is 0.783. The van der Waals surface area contributed by atoms with Crippen molar-refractivity contribution in [3.05, 3.63) is 0 Å². The number of rotatable bonds is 1. The van der Waals surface area contributed by atoms with E-state index in [9.17, 15) is 0 Å². The van der Waals surface area contributed by atoms with E-state index in [4.69, 9.17) is 0 Å². The van der Waals surface area contributed by atoms with Crippen molar-refractivity contribution < 1.29 is 0 Å². The molecule has 1 rings (SSSR count). The summed E-state index contributed by atoms with van der Waals surface area (Å²) in [5.41, 5.74) is 1.38. The Morgan fingerprint density at radius 2 is 2.44 bits per heavy atom. The van der Waals surface area contributed by atoms with Gasteiger partial charge in [0, 0.05) is 25.3 Å². The van der Waals surface area contributed by atoms with Crippen LogP contribution in [0, 0.1) is 0 Å². The molecule has 0 N–H and O–H groups in total. The largest absolute Gasteiger partial charge is 0.301 e. The highest BCUT2D eigenvalue weighted by atomic mass is 15.1. The third kappa shape index (κ3) is 1.79. The van der Waals surface area contributed by atoms with E-state index in [-0.39, 0.29) is 0 Å². The fourth-order valence-corrected chi connectivity index (χ4v) is 1.14. The number of aliphatic imine (C=N–C) groups is 1. The van der Waals surface area contributed by atoms with E-state index in [0.29, 0.717) is 0 Å². The van der Waals surface area contributed by atoms with E-state index >= 15 is 0 Å². The first-order chi connectivity index (χ1) is 4.33. The molecule has 1 heterocycles. The van der Waals surface area contributed by atoms with Crippen molar-refractivity contribution >= 4 is 5.71 Å². The third-order valence-corrected chi connectivity index (χ3v) is 1.62. The molecule has 0 aromatic heterocycles. The maximum atomic E-state index is 4.35. The first-order valence-corrected chi connectivity index (χ1v) is 3.53. The van der Waals surface area contributed by atoms with Gasteiger partial charge in [0.2, 0.25) is 0 Å². The Morgan fingerprint density at radius 3 is 2.89 bits per heavy atom. The fourth-order valence-electron chi connectivity index (χ4n) is 1.14. The number of hydrogen-bond acceptors (Lipinski definition) is 2. The first-order valence-electron chi connectivity index (χ1n) is 3.53. The van der Waals surface area contributed by atoms with Gasteiger partial charge in [0.05, 0.1) is 0 Å². The van der Waals surface area contributed by atoms with E-state index in [1.807, 2.05) is 0 Å². The third-order valence-electron chi connectivity index (χ3n) is 1.62. The Labute approximate surface area is 56.6 Å². The van der Waals surface area contributed by atoms with Crippen molar-refractivity contribution in [2.75, 3.05) is 26.7 Å². The van der Waals surface area contributed by atoms with Gasteiger partial charge in [-0.3, -0.25) is 4.99 Å². The molecule has 0 unspecified atom stereocenters. The maximum Gasteiger partial charge on any atom is 0.0361 e. The summed E-state index contributed by atoms with van der Waals surface area (Å²) in [7, 11) is 2.14. The molecule has 0 aromatic carbocycles. The first kappa shape index (κ1) is 6.75. The minimum Gasteiger partial charge on any atom is -0.301 e. The van der Waals surface area contributed by atoms with Crippen LogP contribution in [0.4, 0.5) is 0 Å². The molecular weight excluding hydrogens is 112 g/mol. The van der Waals surface area contributed by atoms with Gasteiger partial charge < -0.3 is 4.90 Å². The molecule has 0 aromatic rings. The molecule has 1 saturated heterocycles. The summed E-state index contributed by atoms with van der Waals surface area (Å²) in [6.45, 7) is 5.32. The van der Waals surface area contributed by atoms with Gasteiger partial charge in [-0.25, -0.2) is 0 Å². The van der Waals surface area contributed by atoms with Crippen LogP contribution < -0.4 is 0 Å². The van der Waals surface area contributed by atoms with Gasteiger partial charge in [-0.2, -0.15) is 0 Å². The SMILES string of the molecule is CCN=C1CCN(C)C1. The molecule has 0 aliphatic carbocycles. The van der Waals surface area contributed by atoms with Crippen LogP contribution in [0.15, 0.2) is 4.99 Å². The van der Waals surface area contributed by atoms with Crippen molar-refractivity contribution in [3.8, 4) is 0 Å². The van der Waals surface area contributed by atoms with Crippen molar-refractivity contribution in [2.24, 2.45) is 4.99 Å². The van der Waals surface area contributed by atoms with E-state index < -0.39 is 0 Å². The Bertz CT molecular complexity index is 118. The lowest BCUT2D eigenvalue weighted by Gasteiger charge is -2.01. The summed E-state index contributed by atoms with van der Waals surface area (Å²) < 4.78 is 0. The molecule has 0 atom stereocenters. The molecule has 0 bridgehead atoms. The second kappa shape index (κ2) is 2.97. The lowest BCUT2D eigenvalue weighted by atomic mass is 10.3. The molecule has 0 amide bonds. The minimum atomic E-state index is 0.948. The highest BCUT2D eigenvalue weighted by Gasteiger charge is 2.11. The molecule has 1 aliphatic heterocycles. The van der Waals surface area contributed by atoms with Crippen molar-refractivity contribution in [1.29, 1.82) is 0 Å². The average molecular weight is 126 g/mol. The highest BCUT2D eigenvalue weighted by molar-refractivity contribution is 5.88. The standard InChI is InChI=1S/C7H14N2/c1-3-8-7-4-5-9(2)6-7/h3-6H2,1-2H3. The van der Waals surface area contributed by atoms with Crippen LogP contribution >= 0.6 is 0 Å². The van der Waals surface area contributed by atoms with Crippen LogP contribution in [0.3, 0.4) is 0 Å². The second-order valence-corrected chi connectivity index (χ2v) is 2.53. The Kier molecular flexibility index (Phi) is 2.22. The molecule has 0 saturated carbocycles. The number of likely N-dealkylation sites (tertiary alicyclic amines) is 1. The Balaban J connectivity index is 2.38. The fraction of sp³-hybridized carbons (Fsp3) is 0.857. The van der Waals surface area contributed by atoms with E-state index in [1.54, 1.807) is 0 Å². The maximum absolute atomic E-state index is 4.35. The molecule has 2 heteroatoms. The zero-order valence-electron chi connectivity index (χ0n) is 6.22. The second-order valence-electron chi connectivity index (χ2n) is 2.53. The van der Waals surface area contributed by atoms with Crippen LogP contribution in [-0.4, -0.2) is 37.3 Å². The topological polar surface area (TPSA) is 15.6 Å². The summed E-state index contributed by atoms with van der Waals surface area (Å²) in [5.74, 6) is 0. The van der Waals surface area contributed by atoms with Gasteiger partial charge in [-0.1, -0.05) is 0 Å². The number of hydrogen-bond donors (Lipinski definition) is 0. The van der Waals surface area contributed by atoms with Crippen molar-refractivity contribution in [3.63, 3.8) is 0 Å². The predicted molar refractivity (Wildman–Crippen MR) is 40.1 cm³/mol. The van der Waals surface area contributed by atoms with Crippen LogP contribution in [0.1, 0.15) is 13.3 Å². The molecular formula is C7H14N2. The van der Waals surface area contributed by atoms with Gasteiger partial charge >= 0.3 is 0 Å². The molecule has 0 radical (unpaired) electrons. The van der Waals surface area contributed by atoms with Crippen molar-refractivity contribution in [2.45, 2.75) is 13.3 Å². The van der Waals surface area contributed by atoms with Gasteiger partial charge in [0.1, 0.15) is 0 Å². The number of nitrogens with zero attached hydrogens (tertiary/aromatic N) is 2. The average Bonchev–Trinajstić information content (AvgIpc) is 2.17. The van der Waals surface area contributed by atoms with Crippen LogP contribution in [0.2, 0.25) is 0 Å². The normalized spacial score (nSPS) is 25.8. The molecule has 9 heavy (non-hydrogen) atoms. The van der Waals surface area contributed by atoms with Gasteiger partial charge in [0.15, 0.2) is 0 Å². The zero-order valence-corrected chi connectivity index (χ0v) is 6.22. The summed E-state index contributed by atoms with van der Waals surface area (Å²) in [6, 6.07) is 0. The lowest BCUT2D eigenvalue weighted by molar-refractivity contribution is 0.428. The molecule has 52 valence electrons. The summed E-state index contributed by atoms with van der Waals surface area (Å²) >= 11 is 0. The minimum absolute atomic E-state index is 0.948. The van der Waals surface area contributed by atoms with E-state index in [2.05, 4.69) is 23.9 Å². The van der Waals surface area contributed by atoms with Gasteiger partial charge in [-0.05, 0) is 20.4 Å². The Hall–Kier alpha value is -0.370. The zero-order chi connectivity index (χ0) is 6.69. The molecule has 0 spiro atoms.